The van der Waals surface area contributed by atoms with Gasteiger partial charge in [-0.05, 0) is 69.2 Å². The normalized spacial score (nSPS) is 10.8. The standard InChI is InChI=1S/C26H25N3O/c1-17-5-10-21(11-6-17)25-16-24(28-29(25)23-13-7-18(2)8-14-23)26(30)27-22-12-9-19(3)20(4)15-22/h5-16H,1-4H3,(H,27,30). The van der Waals surface area contributed by atoms with Crippen molar-refractivity contribution in [2.75, 3.05) is 5.32 Å². The highest BCUT2D eigenvalue weighted by Gasteiger charge is 2.17. The molecule has 150 valence electrons. The van der Waals surface area contributed by atoms with Gasteiger partial charge in [0.25, 0.3) is 5.91 Å². The van der Waals surface area contributed by atoms with Crippen LogP contribution in [0.5, 0.6) is 0 Å². The lowest BCUT2D eigenvalue weighted by atomic mass is 10.1. The molecular weight excluding hydrogens is 370 g/mol. The maximum atomic E-state index is 13.0. The first kappa shape index (κ1) is 19.6. The first-order valence-electron chi connectivity index (χ1n) is 10.0. The molecule has 4 nitrogen and oxygen atoms in total. The zero-order valence-electron chi connectivity index (χ0n) is 17.7. The van der Waals surface area contributed by atoms with Crippen molar-refractivity contribution in [1.29, 1.82) is 0 Å². The number of carbonyl (C=O) groups excluding carboxylic acids is 1. The number of nitrogens with one attached hydrogen (secondary N) is 1. The van der Waals surface area contributed by atoms with Crippen LogP contribution in [0.25, 0.3) is 16.9 Å². The largest absolute Gasteiger partial charge is 0.321 e. The lowest BCUT2D eigenvalue weighted by Crippen LogP contribution is -2.13. The summed E-state index contributed by atoms with van der Waals surface area (Å²) >= 11 is 0. The van der Waals surface area contributed by atoms with E-state index in [0.29, 0.717) is 5.69 Å². The fourth-order valence-corrected chi connectivity index (χ4v) is 3.32. The third-order valence-corrected chi connectivity index (χ3v) is 5.33. The highest BCUT2D eigenvalue weighted by atomic mass is 16.1. The van der Waals surface area contributed by atoms with E-state index in [1.807, 2.05) is 60.1 Å². The minimum Gasteiger partial charge on any atom is -0.321 e. The van der Waals surface area contributed by atoms with E-state index in [1.54, 1.807) is 0 Å². The van der Waals surface area contributed by atoms with E-state index in [1.165, 1.54) is 16.7 Å². The van der Waals surface area contributed by atoms with E-state index in [9.17, 15) is 4.79 Å². The van der Waals surface area contributed by atoms with Gasteiger partial charge in [-0.2, -0.15) is 5.10 Å². The number of aryl methyl sites for hydroxylation is 4. The predicted octanol–water partition coefficient (Wildman–Crippen LogP) is 6.03. The summed E-state index contributed by atoms with van der Waals surface area (Å²) in [4.78, 5) is 13.0. The van der Waals surface area contributed by atoms with Crippen molar-refractivity contribution in [2.45, 2.75) is 27.7 Å². The molecule has 0 aliphatic carbocycles. The van der Waals surface area contributed by atoms with Crippen LogP contribution in [0.4, 0.5) is 5.69 Å². The summed E-state index contributed by atoms with van der Waals surface area (Å²) in [5.41, 5.74) is 8.65. The number of aromatic nitrogens is 2. The summed E-state index contributed by atoms with van der Waals surface area (Å²) in [6, 6.07) is 24.1. The number of amides is 1. The number of benzene rings is 3. The molecule has 0 aliphatic rings. The van der Waals surface area contributed by atoms with E-state index in [0.717, 1.165) is 28.2 Å². The quantitative estimate of drug-likeness (QED) is 0.459. The lowest BCUT2D eigenvalue weighted by molar-refractivity contribution is 0.102. The predicted molar refractivity (Wildman–Crippen MR) is 122 cm³/mol. The van der Waals surface area contributed by atoms with Crippen molar-refractivity contribution in [3.8, 4) is 16.9 Å². The van der Waals surface area contributed by atoms with Gasteiger partial charge in [0.05, 0.1) is 11.4 Å². The molecule has 0 saturated heterocycles. The Labute approximate surface area is 177 Å². The number of carbonyl (C=O) groups is 1. The van der Waals surface area contributed by atoms with Gasteiger partial charge in [-0.1, -0.05) is 53.6 Å². The number of anilines is 1. The molecule has 0 spiro atoms. The second-order valence-electron chi connectivity index (χ2n) is 7.78. The second-order valence-corrected chi connectivity index (χ2v) is 7.78. The molecule has 0 unspecified atom stereocenters. The van der Waals surface area contributed by atoms with E-state index >= 15 is 0 Å². The highest BCUT2D eigenvalue weighted by molar-refractivity contribution is 6.03. The van der Waals surface area contributed by atoms with Gasteiger partial charge in [-0.15, -0.1) is 0 Å². The van der Waals surface area contributed by atoms with Crippen molar-refractivity contribution in [2.24, 2.45) is 0 Å². The van der Waals surface area contributed by atoms with Crippen molar-refractivity contribution in [3.63, 3.8) is 0 Å². The molecular formula is C26H25N3O. The van der Waals surface area contributed by atoms with Gasteiger partial charge in [-0.25, -0.2) is 4.68 Å². The molecule has 0 fully saturated rings. The third-order valence-electron chi connectivity index (χ3n) is 5.33. The summed E-state index contributed by atoms with van der Waals surface area (Å²) in [6.07, 6.45) is 0. The Morgan fingerprint density at radius 1 is 0.767 bits per heavy atom. The topological polar surface area (TPSA) is 46.9 Å². The van der Waals surface area contributed by atoms with Crippen LogP contribution < -0.4 is 5.32 Å². The van der Waals surface area contributed by atoms with Crippen LogP contribution in [0.15, 0.2) is 72.8 Å². The Hall–Kier alpha value is -3.66. The lowest BCUT2D eigenvalue weighted by Gasteiger charge is -2.08. The average Bonchev–Trinajstić information content (AvgIpc) is 3.17. The Bertz CT molecular complexity index is 1140. The Morgan fingerprint density at radius 3 is 2.03 bits per heavy atom. The fourth-order valence-electron chi connectivity index (χ4n) is 3.32. The zero-order chi connectivity index (χ0) is 21.3. The van der Waals surface area contributed by atoms with Crippen LogP contribution in [0.3, 0.4) is 0 Å². The summed E-state index contributed by atoms with van der Waals surface area (Å²) in [6.45, 7) is 8.20. The molecule has 1 heterocycles. The molecule has 0 atom stereocenters. The van der Waals surface area contributed by atoms with Gasteiger partial charge < -0.3 is 5.32 Å². The molecule has 0 saturated carbocycles. The molecule has 1 amide bonds. The Morgan fingerprint density at radius 2 is 1.40 bits per heavy atom. The van der Waals surface area contributed by atoms with Gasteiger partial charge in [-0.3, -0.25) is 4.79 Å². The van der Waals surface area contributed by atoms with Crippen molar-refractivity contribution >= 4 is 11.6 Å². The van der Waals surface area contributed by atoms with Crippen molar-refractivity contribution < 1.29 is 4.79 Å². The molecule has 4 rings (SSSR count). The van der Waals surface area contributed by atoms with Gasteiger partial charge in [0, 0.05) is 11.3 Å². The number of rotatable bonds is 4. The molecule has 0 radical (unpaired) electrons. The van der Waals surface area contributed by atoms with E-state index < -0.39 is 0 Å². The van der Waals surface area contributed by atoms with Crippen LogP contribution in [-0.2, 0) is 0 Å². The molecule has 3 aromatic carbocycles. The van der Waals surface area contributed by atoms with Crippen LogP contribution in [0, 0.1) is 27.7 Å². The van der Waals surface area contributed by atoms with Crippen LogP contribution >= 0.6 is 0 Å². The number of hydrogen-bond acceptors (Lipinski definition) is 2. The average molecular weight is 396 g/mol. The third kappa shape index (κ3) is 4.03. The number of hydrogen-bond donors (Lipinski definition) is 1. The monoisotopic (exact) mass is 395 g/mol. The fraction of sp³-hybridized carbons (Fsp3) is 0.154. The summed E-state index contributed by atoms with van der Waals surface area (Å²) in [5.74, 6) is -0.225. The van der Waals surface area contributed by atoms with Crippen molar-refractivity contribution in [1.82, 2.24) is 9.78 Å². The number of nitrogens with zero attached hydrogens (tertiary/aromatic N) is 2. The minimum atomic E-state index is -0.225. The van der Waals surface area contributed by atoms with Gasteiger partial charge >= 0.3 is 0 Å². The maximum absolute atomic E-state index is 13.0. The molecule has 30 heavy (non-hydrogen) atoms. The molecule has 4 heteroatoms. The summed E-state index contributed by atoms with van der Waals surface area (Å²) in [7, 11) is 0. The van der Waals surface area contributed by atoms with Gasteiger partial charge in [0.1, 0.15) is 0 Å². The molecule has 0 bridgehead atoms. The van der Waals surface area contributed by atoms with Crippen LogP contribution in [-0.4, -0.2) is 15.7 Å². The second kappa shape index (κ2) is 7.99. The molecule has 4 aromatic rings. The zero-order valence-corrected chi connectivity index (χ0v) is 17.7. The van der Waals surface area contributed by atoms with Gasteiger partial charge in [0.15, 0.2) is 5.69 Å². The van der Waals surface area contributed by atoms with E-state index in [4.69, 9.17) is 0 Å². The van der Waals surface area contributed by atoms with Gasteiger partial charge in [0.2, 0.25) is 0 Å². The SMILES string of the molecule is Cc1ccc(-c2cc(C(=O)Nc3ccc(C)c(C)c3)nn2-c2ccc(C)cc2)cc1. The first-order chi connectivity index (χ1) is 14.4. The summed E-state index contributed by atoms with van der Waals surface area (Å²) in [5, 5.41) is 7.62. The van der Waals surface area contributed by atoms with E-state index in [-0.39, 0.29) is 5.91 Å². The van der Waals surface area contributed by atoms with Crippen LogP contribution in [0.2, 0.25) is 0 Å². The molecule has 1 aromatic heterocycles. The van der Waals surface area contributed by atoms with Crippen molar-refractivity contribution in [3.05, 3.63) is 101 Å². The summed E-state index contributed by atoms with van der Waals surface area (Å²) < 4.78 is 1.83. The molecule has 0 aliphatic heterocycles. The van der Waals surface area contributed by atoms with Crippen LogP contribution in [0.1, 0.15) is 32.7 Å². The van der Waals surface area contributed by atoms with E-state index in [2.05, 4.69) is 55.5 Å². The first-order valence-corrected chi connectivity index (χ1v) is 10.0. The Balaban J connectivity index is 1.74. The molecule has 1 N–H and O–H groups in total. The maximum Gasteiger partial charge on any atom is 0.276 e. The highest BCUT2D eigenvalue weighted by Crippen LogP contribution is 2.25. The Kier molecular flexibility index (Phi) is 5.23. The minimum absolute atomic E-state index is 0.225. The smallest absolute Gasteiger partial charge is 0.276 e.